The van der Waals surface area contributed by atoms with Crippen LogP contribution in [0.2, 0.25) is 0 Å². The van der Waals surface area contributed by atoms with Gasteiger partial charge >= 0.3 is 19.8 Å². The summed E-state index contributed by atoms with van der Waals surface area (Å²) >= 11 is 14.2. The van der Waals surface area contributed by atoms with Crippen LogP contribution in [0.4, 0.5) is 0 Å². The zero-order chi connectivity index (χ0) is 3.58. The third-order valence-corrected chi connectivity index (χ3v) is 0. The van der Waals surface area contributed by atoms with Crippen LogP contribution in [0.1, 0.15) is 0 Å². The van der Waals surface area contributed by atoms with Crippen molar-refractivity contribution < 1.29 is 0 Å². The Morgan fingerprint density at radius 2 is 1.00 bits per heavy atom. The van der Waals surface area contributed by atoms with Crippen molar-refractivity contribution >= 4 is 54.6 Å². The number of halogens is 3. The number of hydrogen-bond acceptors (Lipinski definition) is 0. The van der Waals surface area contributed by atoms with Gasteiger partial charge in [0.2, 0.25) is 4.30 Å². The van der Waals surface area contributed by atoms with E-state index in [0.717, 1.165) is 0 Å². The van der Waals surface area contributed by atoms with Crippen LogP contribution >= 0.6 is 34.8 Å². The third kappa shape index (κ3) is 29.8. The van der Waals surface area contributed by atoms with Crippen molar-refractivity contribution in [2.75, 3.05) is 0 Å². The van der Waals surface area contributed by atoms with Gasteiger partial charge in [-0.2, -0.15) is 0 Å². The molecule has 0 saturated carbocycles. The molecule has 31 valence electrons. The van der Waals surface area contributed by atoms with Crippen LogP contribution in [0.5, 0.6) is 0 Å². The Labute approximate surface area is 58.8 Å². The van der Waals surface area contributed by atoms with E-state index in [0.29, 0.717) is 0 Å². The Balaban J connectivity index is 0. The van der Waals surface area contributed by atoms with Crippen molar-refractivity contribution in [1.29, 1.82) is 0 Å². The van der Waals surface area contributed by atoms with Crippen LogP contribution in [-0.4, -0.2) is 19.8 Å². The van der Waals surface area contributed by atoms with E-state index in [9.17, 15) is 0 Å². The van der Waals surface area contributed by atoms with Gasteiger partial charge in [-0.05, 0) is 0 Å². The van der Waals surface area contributed by atoms with Crippen LogP contribution in [0, 0.1) is 4.30 Å². The molecule has 0 aliphatic heterocycles. The van der Waals surface area contributed by atoms with Crippen LogP contribution in [0.25, 0.3) is 0 Å². The standard InChI is InChI=1S/CCl3.Ga.3H/c2-1(3)4;;;;. The normalized spacial score (nSPS) is 7.20. The summed E-state index contributed by atoms with van der Waals surface area (Å²) in [5.41, 5.74) is 0. The van der Waals surface area contributed by atoms with E-state index < -0.39 is 0 Å². The first-order valence-electron chi connectivity index (χ1n) is 0.567. The predicted octanol–water partition coefficient (Wildman–Crippen LogP) is 0.966. The van der Waals surface area contributed by atoms with Gasteiger partial charge in [-0.15, -0.1) is 0 Å². The Morgan fingerprint density at radius 1 is 1.00 bits per heavy atom. The molecule has 0 unspecified atom stereocenters. The fraction of sp³-hybridized carbons (Fsp3) is 0. The van der Waals surface area contributed by atoms with Gasteiger partial charge in [0.1, 0.15) is 0 Å². The zero-order valence-electron chi connectivity index (χ0n) is 1.63. The monoisotopic (exact) mass is 189 g/mol. The Bertz CT molecular complexity index is 11.6. The topological polar surface area (TPSA) is 0 Å². The second-order valence-corrected chi connectivity index (χ2v) is 1.93. The fourth-order valence-electron chi connectivity index (χ4n) is 0. The molecule has 0 aliphatic rings. The molecule has 0 nitrogen and oxygen atoms in total. The van der Waals surface area contributed by atoms with Crippen LogP contribution < -0.4 is 0 Å². The molecular formula is CH3Cl3Ga. The molecule has 0 amide bonds. The number of rotatable bonds is 0. The maximum atomic E-state index is 4.72. The second-order valence-electron chi connectivity index (χ2n) is 0.214. The molecule has 0 spiro atoms. The van der Waals surface area contributed by atoms with Crippen molar-refractivity contribution in [1.82, 2.24) is 0 Å². The molecule has 1 radical (unpaired) electrons. The van der Waals surface area contributed by atoms with Crippen molar-refractivity contribution in [3.05, 3.63) is 4.30 Å². The van der Waals surface area contributed by atoms with Gasteiger partial charge < -0.3 is 0 Å². The molecular weight excluding hydrogens is 188 g/mol. The van der Waals surface area contributed by atoms with Gasteiger partial charge in [-0.1, -0.05) is 34.8 Å². The summed E-state index contributed by atoms with van der Waals surface area (Å²) in [6.07, 6.45) is 0. The second kappa shape index (κ2) is 5.51. The molecule has 4 heteroatoms. The summed E-state index contributed by atoms with van der Waals surface area (Å²) in [4.78, 5) is 0. The van der Waals surface area contributed by atoms with E-state index in [1.54, 1.807) is 0 Å². The van der Waals surface area contributed by atoms with Crippen molar-refractivity contribution in [3.63, 3.8) is 0 Å². The SMILES string of the molecule is Cl[C](Cl)Cl.[GaH3]. The third-order valence-electron chi connectivity index (χ3n) is 0. The van der Waals surface area contributed by atoms with E-state index in [1.807, 2.05) is 0 Å². The van der Waals surface area contributed by atoms with Crippen molar-refractivity contribution in [2.24, 2.45) is 0 Å². The Morgan fingerprint density at radius 3 is 1.00 bits per heavy atom. The molecule has 0 bridgehead atoms. The van der Waals surface area contributed by atoms with Crippen LogP contribution in [0.15, 0.2) is 0 Å². The van der Waals surface area contributed by atoms with Crippen molar-refractivity contribution in [3.8, 4) is 0 Å². The minimum absolute atomic E-state index is 0. The van der Waals surface area contributed by atoms with Gasteiger partial charge in [0, 0.05) is 0 Å². The molecule has 0 fully saturated rings. The predicted molar refractivity (Wildman–Crippen MR) is 30.7 cm³/mol. The first-order chi connectivity index (χ1) is 1.73. The molecule has 0 aromatic rings. The van der Waals surface area contributed by atoms with Gasteiger partial charge in [0.15, 0.2) is 0 Å². The van der Waals surface area contributed by atoms with Gasteiger partial charge in [-0.3, -0.25) is 0 Å². The van der Waals surface area contributed by atoms with E-state index in [1.165, 1.54) is 0 Å². The van der Waals surface area contributed by atoms with E-state index in [-0.39, 0.29) is 24.1 Å². The molecule has 0 rings (SSSR count). The van der Waals surface area contributed by atoms with E-state index in [2.05, 4.69) is 0 Å². The average Bonchev–Trinajstić information content (AvgIpc) is 0.811. The number of hydrogen-bond donors (Lipinski definition) is 0. The summed E-state index contributed by atoms with van der Waals surface area (Å²) in [6, 6.07) is 0. The first kappa shape index (κ1) is 9.71. The summed E-state index contributed by atoms with van der Waals surface area (Å²) in [5.74, 6) is 0. The molecule has 5 heavy (non-hydrogen) atoms. The van der Waals surface area contributed by atoms with Gasteiger partial charge in [0.25, 0.3) is 0 Å². The minimum atomic E-state index is -0.167. The Kier molecular flexibility index (Phi) is 10.7. The molecule has 0 N–H and O–H groups in total. The Hall–Kier alpha value is 1.51. The molecule has 0 atom stereocenters. The first-order valence-corrected chi connectivity index (χ1v) is 1.70. The van der Waals surface area contributed by atoms with Crippen LogP contribution in [-0.2, 0) is 0 Å². The van der Waals surface area contributed by atoms with Crippen molar-refractivity contribution in [2.45, 2.75) is 0 Å². The van der Waals surface area contributed by atoms with Gasteiger partial charge in [-0.25, -0.2) is 0 Å². The molecule has 0 saturated heterocycles. The fourth-order valence-corrected chi connectivity index (χ4v) is 0. The van der Waals surface area contributed by atoms with Gasteiger partial charge in [0.05, 0.1) is 0 Å². The summed E-state index contributed by atoms with van der Waals surface area (Å²) < 4.78 is -0.167. The molecule has 0 aromatic carbocycles. The molecule has 0 aromatic heterocycles. The molecule has 0 aliphatic carbocycles. The van der Waals surface area contributed by atoms with E-state index >= 15 is 0 Å². The summed E-state index contributed by atoms with van der Waals surface area (Å²) in [7, 11) is 0. The van der Waals surface area contributed by atoms with E-state index in [4.69, 9.17) is 34.8 Å². The quantitative estimate of drug-likeness (QED) is 0.500. The zero-order valence-corrected chi connectivity index (χ0v) is 3.90. The summed E-state index contributed by atoms with van der Waals surface area (Å²) in [5, 5.41) is 0. The maximum absolute atomic E-state index is 4.72. The molecule has 0 heterocycles. The summed E-state index contributed by atoms with van der Waals surface area (Å²) in [6.45, 7) is 0. The van der Waals surface area contributed by atoms with Crippen LogP contribution in [0.3, 0.4) is 0 Å². The average molecular weight is 191 g/mol.